The Balaban J connectivity index is 2.31. The van der Waals surface area contributed by atoms with Crippen molar-refractivity contribution in [3.05, 3.63) is 53.7 Å². The second-order valence-electron chi connectivity index (χ2n) is 4.17. The van der Waals surface area contributed by atoms with Gasteiger partial charge in [0.15, 0.2) is 0 Å². The van der Waals surface area contributed by atoms with Crippen LogP contribution in [0.4, 0.5) is 19.0 Å². The van der Waals surface area contributed by atoms with Gasteiger partial charge in [-0.1, -0.05) is 12.1 Å². The number of hydrogen-bond acceptors (Lipinski definition) is 4. The summed E-state index contributed by atoms with van der Waals surface area (Å²) in [6.07, 6.45) is -3.66. The summed E-state index contributed by atoms with van der Waals surface area (Å²) in [5, 5.41) is 1.36. The SMILES string of the molecule is O=C(Nc1ncccc1C(=O)Cl)c1ccccc1OC(F)(F)F. The van der Waals surface area contributed by atoms with Crippen LogP contribution >= 0.6 is 11.6 Å². The average molecular weight is 345 g/mol. The van der Waals surface area contributed by atoms with Gasteiger partial charge in [-0.15, -0.1) is 13.2 Å². The predicted octanol–water partition coefficient (Wildman–Crippen LogP) is 3.61. The quantitative estimate of drug-likeness (QED) is 0.860. The third kappa shape index (κ3) is 4.43. The van der Waals surface area contributed by atoms with Crippen LogP contribution in [0.15, 0.2) is 42.6 Å². The van der Waals surface area contributed by atoms with Gasteiger partial charge in [-0.3, -0.25) is 9.59 Å². The smallest absolute Gasteiger partial charge is 0.405 e. The average Bonchev–Trinajstić information content (AvgIpc) is 2.46. The number of rotatable bonds is 4. The van der Waals surface area contributed by atoms with E-state index in [-0.39, 0.29) is 16.9 Å². The molecule has 1 amide bonds. The lowest BCUT2D eigenvalue weighted by atomic mass is 10.2. The van der Waals surface area contributed by atoms with Crippen LogP contribution in [0.25, 0.3) is 0 Å². The van der Waals surface area contributed by atoms with Crippen molar-refractivity contribution in [1.82, 2.24) is 4.98 Å². The van der Waals surface area contributed by atoms with E-state index in [2.05, 4.69) is 15.0 Å². The summed E-state index contributed by atoms with van der Waals surface area (Å²) < 4.78 is 40.9. The molecule has 0 radical (unpaired) electrons. The summed E-state index contributed by atoms with van der Waals surface area (Å²) in [5.41, 5.74) is -0.458. The number of nitrogens with one attached hydrogen (secondary N) is 1. The number of carbonyl (C=O) groups excluding carboxylic acids is 2. The first-order chi connectivity index (χ1) is 10.8. The molecule has 1 aromatic heterocycles. The fourth-order valence-corrected chi connectivity index (χ4v) is 1.86. The van der Waals surface area contributed by atoms with Crippen LogP contribution in [0, 0.1) is 0 Å². The Bertz CT molecular complexity index is 750. The molecule has 0 fully saturated rings. The number of pyridine rings is 1. The van der Waals surface area contributed by atoms with Crippen molar-refractivity contribution < 1.29 is 27.5 Å². The molecule has 1 aromatic carbocycles. The van der Waals surface area contributed by atoms with Crippen molar-refractivity contribution >= 4 is 28.6 Å². The number of aromatic nitrogens is 1. The molecule has 0 saturated heterocycles. The summed E-state index contributed by atoms with van der Waals surface area (Å²) >= 11 is 5.35. The highest BCUT2D eigenvalue weighted by Gasteiger charge is 2.33. The molecule has 1 heterocycles. The van der Waals surface area contributed by atoms with Gasteiger partial charge in [-0.05, 0) is 35.9 Å². The lowest BCUT2D eigenvalue weighted by Crippen LogP contribution is -2.21. The van der Waals surface area contributed by atoms with Gasteiger partial charge in [0.2, 0.25) is 0 Å². The van der Waals surface area contributed by atoms with Crippen molar-refractivity contribution in [3.8, 4) is 5.75 Å². The Morgan fingerprint density at radius 3 is 2.39 bits per heavy atom. The van der Waals surface area contributed by atoms with Crippen LogP contribution in [0.3, 0.4) is 0 Å². The number of anilines is 1. The zero-order valence-electron chi connectivity index (χ0n) is 11.2. The molecule has 0 spiro atoms. The zero-order chi connectivity index (χ0) is 17.0. The van der Waals surface area contributed by atoms with Gasteiger partial charge in [0.25, 0.3) is 11.1 Å². The summed E-state index contributed by atoms with van der Waals surface area (Å²) in [6.45, 7) is 0. The third-order valence-corrected chi connectivity index (χ3v) is 2.81. The topological polar surface area (TPSA) is 68.3 Å². The number of amides is 1. The van der Waals surface area contributed by atoms with Crippen LogP contribution < -0.4 is 10.1 Å². The summed E-state index contributed by atoms with van der Waals surface area (Å²) in [7, 11) is 0. The van der Waals surface area contributed by atoms with E-state index in [0.717, 1.165) is 12.1 Å². The van der Waals surface area contributed by atoms with Gasteiger partial charge in [0.1, 0.15) is 11.6 Å². The first-order valence-corrected chi connectivity index (χ1v) is 6.46. The summed E-state index contributed by atoms with van der Waals surface area (Å²) in [5.74, 6) is -1.77. The monoisotopic (exact) mass is 344 g/mol. The first-order valence-electron chi connectivity index (χ1n) is 6.09. The lowest BCUT2D eigenvalue weighted by Gasteiger charge is -2.13. The fourth-order valence-electron chi connectivity index (χ4n) is 1.71. The van der Waals surface area contributed by atoms with Gasteiger partial charge < -0.3 is 10.1 Å². The predicted molar refractivity (Wildman–Crippen MR) is 75.5 cm³/mol. The molecule has 0 aliphatic carbocycles. The molecule has 9 heteroatoms. The first kappa shape index (κ1) is 16.8. The Labute approximate surface area is 133 Å². The maximum Gasteiger partial charge on any atom is 0.573 e. The Morgan fingerprint density at radius 2 is 1.74 bits per heavy atom. The minimum Gasteiger partial charge on any atom is -0.405 e. The van der Waals surface area contributed by atoms with E-state index < -0.39 is 23.3 Å². The van der Waals surface area contributed by atoms with E-state index in [1.165, 1.54) is 30.5 Å². The number of benzene rings is 1. The van der Waals surface area contributed by atoms with Crippen LogP contribution in [0.5, 0.6) is 5.75 Å². The second-order valence-corrected chi connectivity index (χ2v) is 4.51. The molecule has 2 aromatic rings. The zero-order valence-corrected chi connectivity index (χ0v) is 12.0. The van der Waals surface area contributed by atoms with E-state index in [9.17, 15) is 22.8 Å². The van der Waals surface area contributed by atoms with Gasteiger partial charge in [0.05, 0.1) is 11.1 Å². The Kier molecular flexibility index (Phi) is 4.85. The van der Waals surface area contributed by atoms with Crippen LogP contribution in [0.1, 0.15) is 20.7 Å². The number of ether oxygens (including phenoxy) is 1. The number of nitrogens with zero attached hydrogens (tertiary/aromatic N) is 1. The molecule has 0 atom stereocenters. The van der Waals surface area contributed by atoms with Crippen molar-refractivity contribution in [2.45, 2.75) is 6.36 Å². The molecule has 23 heavy (non-hydrogen) atoms. The molecule has 0 bridgehead atoms. The molecule has 2 rings (SSSR count). The van der Waals surface area contributed by atoms with E-state index in [1.807, 2.05) is 0 Å². The van der Waals surface area contributed by atoms with E-state index in [4.69, 9.17) is 11.6 Å². The molecule has 0 aliphatic heterocycles. The Hall–Kier alpha value is -2.61. The summed E-state index contributed by atoms with van der Waals surface area (Å²) in [4.78, 5) is 27.2. The second kappa shape index (κ2) is 6.66. The normalized spacial score (nSPS) is 11.0. The highest BCUT2D eigenvalue weighted by atomic mass is 35.5. The standard InChI is InChI=1S/C14H8ClF3N2O3/c15-11(21)9-5-3-7-19-12(9)20-13(22)8-4-1-2-6-10(8)23-14(16,17)18/h1-7H,(H,19,20,22). The van der Waals surface area contributed by atoms with Crippen LogP contribution in [0.2, 0.25) is 0 Å². The van der Waals surface area contributed by atoms with Crippen molar-refractivity contribution in [2.75, 3.05) is 5.32 Å². The molecule has 0 unspecified atom stereocenters. The van der Waals surface area contributed by atoms with Crippen LogP contribution in [-0.2, 0) is 0 Å². The van der Waals surface area contributed by atoms with Crippen molar-refractivity contribution in [2.24, 2.45) is 0 Å². The number of halogens is 4. The third-order valence-electron chi connectivity index (χ3n) is 2.61. The number of alkyl halides is 3. The van der Waals surface area contributed by atoms with E-state index >= 15 is 0 Å². The van der Waals surface area contributed by atoms with E-state index in [1.54, 1.807) is 0 Å². The molecular weight excluding hydrogens is 337 g/mol. The fraction of sp³-hybridized carbons (Fsp3) is 0.0714. The molecule has 5 nitrogen and oxygen atoms in total. The minimum absolute atomic E-state index is 0.0864. The maximum absolute atomic E-state index is 12.4. The van der Waals surface area contributed by atoms with Gasteiger partial charge >= 0.3 is 6.36 Å². The van der Waals surface area contributed by atoms with E-state index in [0.29, 0.717) is 0 Å². The van der Waals surface area contributed by atoms with Crippen molar-refractivity contribution in [1.29, 1.82) is 0 Å². The number of para-hydroxylation sites is 1. The largest absolute Gasteiger partial charge is 0.573 e. The highest BCUT2D eigenvalue weighted by molar-refractivity contribution is 6.68. The van der Waals surface area contributed by atoms with Gasteiger partial charge in [0, 0.05) is 6.20 Å². The molecule has 0 saturated carbocycles. The molecule has 1 N–H and O–H groups in total. The number of hydrogen-bond donors (Lipinski definition) is 1. The molecule has 120 valence electrons. The molecule has 0 aliphatic rings. The number of carbonyl (C=O) groups is 2. The summed E-state index contributed by atoms with van der Waals surface area (Å²) in [6, 6.07) is 7.52. The molecular formula is C14H8ClF3N2O3. The van der Waals surface area contributed by atoms with Crippen LogP contribution in [-0.4, -0.2) is 22.5 Å². The maximum atomic E-state index is 12.4. The lowest BCUT2D eigenvalue weighted by molar-refractivity contribution is -0.274. The van der Waals surface area contributed by atoms with Gasteiger partial charge in [-0.25, -0.2) is 4.98 Å². The van der Waals surface area contributed by atoms with Gasteiger partial charge in [-0.2, -0.15) is 0 Å². The van der Waals surface area contributed by atoms with Crippen molar-refractivity contribution in [3.63, 3.8) is 0 Å². The highest BCUT2D eigenvalue weighted by Crippen LogP contribution is 2.27. The minimum atomic E-state index is -4.95. The Morgan fingerprint density at radius 1 is 1.09 bits per heavy atom.